The van der Waals surface area contributed by atoms with Gasteiger partial charge in [-0.15, -0.1) is 0 Å². The minimum Gasteiger partial charge on any atom is -0.476 e. The zero-order valence-corrected chi connectivity index (χ0v) is 20.2. The average molecular weight is 464 g/mol. The molecule has 0 radical (unpaired) electrons. The molecule has 1 N–H and O–H groups in total. The molecule has 6 rings (SSSR count). The third-order valence-electron chi connectivity index (χ3n) is 9.43. The molecule has 6 heteroatoms. The van der Waals surface area contributed by atoms with E-state index in [0.29, 0.717) is 23.5 Å². The first-order valence-electron chi connectivity index (χ1n) is 13.5. The van der Waals surface area contributed by atoms with Gasteiger partial charge in [-0.05, 0) is 80.8 Å². The van der Waals surface area contributed by atoms with Gasteiger partial charge < -0.3 is 9.67 Å². The molecule has 6 nitrogen and oxygen atoms in total. The summed E-state index contributed by atoms with van der Waals surface area (Å²) in [6, 6.07) is 8.48. The van der Waals surface area contributed by atoms with Gasteiger partial charge in [0, 0.05) is 24.7 Å². The van der Waals surface area contributed by atoms with Crippen LogP contribution in [-0.4, -0.2) is 44.2 Å². The third-order valence-corrected chi connectivity index (χ3v) is 9.43. The molecular weight excluding hydrogens is 426 g/mol. The molecule has 2 unspecified atom stereocenters. The van der Waals surface area contributed by atoms with Crippen LogP contribution in [-0.2, 0) is 0 Å². The van der Waals surface area contributed by atoms with Crippen LogP contribution in [0.5, 0.6) is 0 Å². The molecule has 2 saturated heterocycles. The zero-order valence-electron chi connectivity index (χ0n) is 20.2. The first-order chi connectivity index (χ1) is 16.5. The molecule has 3 heterocycles. The fraction of sp³-hybridized carbons (Fsp3) is 0.679. The Morgan fingerprint density at radius 2 is 1.65 bits per heavy atom. The van der Waals surface area contributed by atoms with Crippen LogP contribution in [0, 0.1) is 23.7 Å². The maximum atomic E-state index is 13.3. The fourth-order valence-electron chi connectivity index (χ4n) is 8.26. The van der Waals surface area contributed by atoms with Crippen LogP contribution in [0.1, 0.15) is 87.7 Å². The number of fused-ring (bicyclic) bond motifs is 5. The Bertz CT molecular complexity index is 1120. The van der Waals surface area contributed by atoms with Crippen LogP contribution in [0.15, 0.2) is 29.1 Å². The Kier molecular flexibility index (Phi) is 5.75. The highest BCUT2D eigenvalue weighted by molar-refractivity contribution is 5.88. The minimum atomic E-state index is -1.24. The van der Waals surface area contributed by atoms with Crippen molar-refractivity contribution in [1.29, 1.82) is 0 Å². The Morgan fingerprint density at radius 1 is 0.971 bits per heavy atom. The highest BCUT2D eigenvalue weighted by Gasteiger charge is 2.43. The van der Waals surface area contributed by atoms with E-state index in [0.717, 1.165) is 36.1 Å². The van der Waals surface area contributed by atoms with Gasteiger partial charge in [-0.2, -0.15) is 0 Å². The number of hydrogen-bond acceptors (Lipinski definition) is 4. The molecule has 4 aliphatic rings. The summed E-state index contributed by atoms with van der Waals surface area (Å²) in [4.78, 5) is 32.1. The van der Waals surface area contributed by atoms with Crippen molar-refractivity contribution in [2.45, 2.75) is 89.3 Å². The van der Waals surface area contributed by atoms with E-state index < -0.39 is 11.5 Å². The van der Waals surface area contributed by atoms with Gasteiger partial charge in [0.05, 0.1) is 11.0 Å². The van der Waals surface area contributed by atoms with Crippen molar-refractivity contribution in [2.24, 2.45) is 23.7 Å². The topological polar surface area (TPSA) is 75.4 Å². The molecule has 2 saturated carbocycles. The molecule has 34 heavy (non-hydrogen) atoms. The maximum Gasteiger partial charge on any atom is 0.360 e. The Balaban J connectivity index is 1.30. The smallest absolute Gasteiger partial charge is 0.360 e. The number of carboxylic acids is 1. The number of hydrogen-bond donors (Lipinski definition) is 1. The lowest BCUT2D eigenvalue weighted by Gasteiger charge is -2.53. The SMILES string of the molecule is C[C@@H]1C[C@@H]2C[C@H](n3c(=O)c(C(=O)O)nc4ccccc43)C[C@H](C1)N2CC1CC2CCCC(C2)C1. The van der Waals surface area contributed by atoms with Crippen LogP contribution in [0.25, 0.3) is 11.0 Å². The van der Waals surface area contributed by atoms with E-state index in [1.165, 1.54) is 57.9 Å². The highest BCUT2D eigenvalue weighted by Crippen LogP contribution is 2.46. The molecule has 0 spiro atoms. The van der Waals surface area contributed by atoms with Crippen molar-refractivity contribution >= 4 is 17.0 Å². The van der Waals surface area contributed by atoms with Crippen LogP contribution in [0.3, 0.4) is 0 Å². The summed E-state index contributed by atoms with van der Waals surface area (Å²) in [6.07, 6.45) is 12.8. The normalized spacial score (nSPS) is 35.9. The lowest BCUT2D eigenvalue weighted by molar-refractivity contribution is -0.0252. The first-order valence-corrected chi connectivity index (χ1v) is 13.5. The standard InChI is InChI=1S/C28H37N3O3/c1-17-9-21-14-23(31-25-8-3-2-7-24(25)29-26(27(31)32)28(33)34)15-22(10-17)30(21)16-20-12-18-5-4-6-19(11-18)13-20/h2-3,7-8,17-23H,4-6,9-16H2,1H3,(H,33,34)/t17-,18?,19?,20?,21-,22+,23+. The maximum absolute atomic E-state index is 13.3. The van der Waals surface area contributed by atoms with Crippen molar-refractivity contribution in [1.82, 2.24) is 14.5 Å². The van der Waals surface area contributed by atoms with E-state index in [4.69, 9.17) is 0 Å². The van der Waals surface area contributed by atoms with E-state index in [1.54, 1.807) is 4.57 Å². The third kappa shape index (κ3) is 3.98. The van der Waals surface area contributed by atoms with Gasteiger partial charge in [0.25, 0.3) is 5.56 Å². The van der Waals surface area contributed by atoms with E-state index in [9.17, 15) is 14.7 Å². The number of nitrogens with zero attached hydrogens (tertiary/aromatic N) is 3. The number of rotatable bonds is 4. The summed E-state index contributed by atoms with van der Waals surface area (Å²) in [5.74, 6) is 2.19. The Labute approximate surface area is 201 Å². The number of carbonyl (C=O) groups is 1. The van der Waals surface area contributed by atoms with Crippen LogP contribution >= 0.6 is 0 Å². The summed E-state index contributed by atoms with van der Waals surface area (Å²) in [5.41, 5.74) is 0.556. The molecule has 6 atom stereocenters. The minimum absolute atomic E-state index is 0.0305. The molecule has 4 fully saturated rings. The van der Waals surface area contributed by atoms with E-state index in [2.05, 4.69) is 16.8 Å². The van der Waals surface area contributed by atoms with Gasteiger partial charge in [0.1, 0.15) is 0 Å². The van der Waals surface area contributed by atoms with E-state index >= 15 is 0 Å². The molecule has 2 aromatic rings. The second-order valence-corrected chi connectivity index (χ2v) is 11.9. The molecule has 1 aromatic heterocycles. The summed E-state index contributed by atoms with van der Waals surface area (Å²) in [6.45, 7) is 3.59. The number of carboxylic acid groups (broad SMARTS) is 1. The first kappa shape index (κ1) is 22.3. The molecule has 0 amide bonds. The Morgan fingerprint density at radius 3 is 2.32 bits per heavy atom. The monoisotopic (exact) mass is 463 g/mol. The number of benzene rings is 1. The van der Waals surface area contributed by atoms with Crippen molar-refractivity contribution in [2.75, 3.05) is 6.54 Å². The number of aromatic carboxylic acids is 1. The summed E-state index contributed by atoms with van der Waals surface area (Å²) in [7, 11) is 0. The van der Waals surface area contributed by atoms with Crippen LogP contribution in [0.4, 0.5) is 0 Å². The fourth-order valence-corrected chi connectivity index (χ4v) is 8.26. The van der Waals surface area contributed by atoms with Crippen LogP contribution < -0.4 is 5.56 Å². The van der Waals surface area contributed by atoms with E-state index in [-0.39, 0.29) is 11.7 Å². The number of para-hydroxylation sites is 2. The van der Waals surface area contributed by atoms with Crippen molar-refractivity contribution < 1.29 is 9.90 Å². The van der Waals surface area contributed by atoms with Gasteiger partial charge in [0.2, 0.25) is 5.69 Å². The summed E-state index contributed by atoms with van der Waals surface area (Å²) < 4.78 is 1.78. The number of piperidine rings is 2. The predicted molar refractivity (Wildman–Crippen MR) is 132 cm³/mol. The molecule has 2 aliphatic carbocycles. The van der Waals surface area contributed by atoms with Gasteiger partial charge >= 0.3 is 5.97 Å². The second kappa shape index (κ2) is 8.78. The summed E-state index contributed by atoms with van der Waals surface area (Å²) >= 11 is 0. The van der Waals surface area contributed by atoms with Crippen molar-refractivity contribution in [3.8, 4) is 0 Å². The zero-order chi connectivity index (χ0) is 23.4. The largest absolute Gasteiger partial charge is 0.476 e. The summed E-state index contributed by atoms with van der Waals surface area (Å²) in [5, 5.41) is 9.65. The molecular formula is C28H37N3O3. The quantitative estimate of drug-likeness (QED) is 0.682. The second-order valence-electron chi connectivity index (χ2n) is 11.9. The van der Waals surface area contributed by atoms with Gasteiger partial charge in [0.15, 0.2) is 0 Å². The average Bonchev–Trinajstić information content (AvgIpc) is 2.79. The molecule has 1 aromatic carbocycles. The van der Waals surface area contributed by atoms with Gasteiger partial charge in [-0.25, -0.2) is 9.78 Å². The van der Waals surface area contributed by atoms with Gasteiger partial charge in [-0.1, -0.05) is 38.3 Å². The Hall–Kier alpha value is -2.21. The number of aromatic nitrogens is 2. The van der Waals surface area contributed by atoms with Crippen molar-refractivity contribution in [3.63, 3.8) is 0 Å². The van der Waals surface area contributed by atoms with Crippen LogP contribution in [0.2, 0.25) is 0 Å². The van der Waals surface area contributed by atoms with E-state index in [1.807, 2.05) is 24.3 Å². The van der Waals surface area contributed by atoms with Gasteiger partial charge in [-0.3, -0.25) is 9.69 Å². The highest BCUT2D eigenvalue weighted by atomic mass is 16.4. The molecule has 182 valence electrons. The predicted octanol–water partition coefficient (Wildman–Crippen LogP) is 5.12. The van der Waals surface area contributed by atoms with Crippen molar-refractivity contribution in [3.05, 3.63) is 40.3 Å². The lowest BCUT2D eigenvalue weighted by Crippen LogP contribution is -2.56. The molecule has 4 bridgehead atoms. The molecule has 2 aliphatic heterocycles. The lowest BCUT2D eigenvalue weighted by atomic mass is 9.67.